The average Bonchev–Trinajstić information content (AvgIpc) is 3.31. The predicted octanol–water partition coefficient (Wildman–Crippen LogP) is 3.43. The number of likely N-dealkylation sites (tertiary alicyclic amines) is 1. The quantitative estimate of drug-likeness (QED) is 0.799. The highest BCUT2D eigenvalue weighted by Gasteiger charge is 2.24. The van der Waals surface area contributed by atoms with Crippen LogP contribution in [0, 0.1) is 0 Å². The number of rotatable bonds is 3. The first-order chi connectivity index (χ1) is 9.72. The zero-order valence-electron chi connectivity index (χ0n) is 11.4. The lowest BCUT2D eigenvalue weighted by Gasteiger charge is -2.28. The molecule has 0 unspecified atom stereocenters. The van der Waals surface area contributed by atoms with Gasteiger partial charge in [0.1, 0.15) is 5.75 Å². The Labute approximate surface area is 124 Å². The highest BCUT2D eigenvalue weighted by molar-refractivity contribution is 6.30. The Bertz CT molecular complexity index is 520. The van der Waals surface area contributed by atoms with Crippen molar-refractivity contribution < 1.29 is 9.53 Å². The van der Waals surface area contributed by atoms with Gasteiger partial charge in [-0.05, 0) is 49.9 Å². The molecule has 1 aliphatic heterocycles. The van der Waals surface area contributed by atoms with Gasteiger partial charge in [0.2, 0.25) is 0 Å². The number of nitrogens with zero attached hydrogens (tertiary/aromatic N) is 1. The lowest BCUT2D eigenvalue weighted by atomic mass is 10.0. The zero-order chi connectivity index (χ0) is 13.9. The number of hydrogen-bond donors (Lipinski definition) is 0. The molecule has 20 heavy (non-hydrogen) atoms. The van der Waals surface area contributed by atoms with Crippen LogP contribution in [0.1, 0.15) is 25.7 Å². The molecule has 3 nitrogen and oxygen atoms in total. The molecule has 3 rings (SSSR count). The van der Waals surface area contributed by atoms with Gasteiger partial charge in [0, 0.05) is 18.1 Å². The van der Waals surface area contributed by atoms with E-state index >= 15 is 0 Å². The van der Waals surface area contributed by atoms with Crippen molar-refractivity contribution in [1.29, 1.82) is 0 Å². The molecule has 1 aromatic rings. The van der Waals surface area contributed by atoms with E-state index in [-0.39, 0.29) is 12.5 Å². The highest BCUT2D eigenvalue weighted by atomic mass is 35.5. The Kier molecular flexibility index (Phi) is 3.97. The summed E-state index contributed by atoms with van der Waals surface area (Å²) in [5.41, 5.74) is 3.22. The fourth-order valence-electron chi connectivity index (χ4n) is 2.56. The molecule has 2 fully saturated rings. The molecule has 0 bridgehead atoms. The van der Waals surface area contributed by atoms with E-state index in [9.17, 15) is 4.79 Å². The highest BCUT2D eigenvalue weighted by Crippen LogP contribution is 2.35. The van der Waals surface area contributed by atoms with Crippen LogP contribution in [-0.2, 0) is 4.79 Å². The number of ether oxygens (including phenoxy) is 1. The van der Waals surface area contributed by atoms with E-state index in [0.717, 1.165) is 25.9 Å². The van der Waals surface area contributed by atoms with E-state index in [4.69, 9.17) is 16.3 Å². The SMILES string of the molecule is O=C(COc1ccc(Cl)cc1)N1CCC(=C2CC2)CC1. The maximum Gasteiger partial charge on any atom is 0.260 e. The Hall–Kier alpha value is -1.48. The van der Waals surface area contributed by atoms with Crippen molar-refractivity contribution in [2.24, 2.45) is 0 Å². The number of halogens is 1. The van der Waals surface area contributed by atoms with Crippen LogP contribution < -0.4 is 4.74 Å². The zero-order valence-corrected chi connectivity index (χ0v) is 12.2. The van der Waals surface area contributed by atoms with Crippen LogP contribution in [0.2, 0.25) is 5.02 Å². The Balaban J connectivity index is 1.47. The molecule has 1 amide bonds. The first-order valence-electron chi connectivity index (χ1n) is 7.08. The first kappa shape index (κ1) is 13.5. The molecule has 1 aliphatic carbocycles. The minimum absolute atomic E-state index is 0.0693. The smallest absolute Gasteiger partial charge is 0.260 e. The predicted molar refractivity (Wildman–Crippen MR) is 79.0 cm³/mol. The number of benzene rings is 1. The molecule has 2 aliphatic rings. The lowest BCUT2D eigenvalue weighted by Crippen LogP contribution is -2.39. The maximum absolute atomic E-state index is 12.1. The fourth-order valence-corrected chi connectivity index (χ4v) is 2.69. The van der Waals surface area contributed by atoms with Crippen molar-refractivity contribution in [3.05, 3.63) is 40.4 Å². The molecule has 0 atom stereocenters. The van der Waals surface area contributed by atoms with Gasteiger partial charge in [0.05, 0.1) is 0 Å². The number of allylic oxidation sites excluding steroid dienone is 1. The largest absolute Gasteiger partial charge is 0.484 e. The average molecular weight is 292 g/mol. The van der Waals surface area contributed by atoms with Gasteiger partial charge in [0.25, 0.3) is 5.91 Å². The third-order valence-corrected chi connectivity index (χ3v) is 4.15. The second kappa shape index (κ2) is 5.88. The summed E-state index contributed by atoms with van der Waals surface area (Å²) in [6.45, 7) is 1.77. The summed E-state index contributed by atoms with van der Waals surface area (Å²) in [5.74, 6) is 0.750. The van der Waals surface area contributed by atoms with Crippen LogP contribution in [0.15, 0.2) is 35.4 Å². The van der Waals surface area contributed by atoms with Gasteiger partial charge < -0.3 is 9.64 Å². The molecule has 0 aromatic heterocycles. The van der Waals surface area contributed by atoms with E-state index in [2.05, 4.69) is 0 Å². The fraction of sp³-hybridized carbons (Fsp3) is 0.438. The molecular weight excluding hydrogens is 274 g/mol. The Morgan fingerprint density at radius 1 is 1.05 bits per heavy atom. The third kappa shape index (κ3) is 3.34. The van der Waals surface area contributed by atoms with Crippen LogP contribution in [0.25, 0.3) is 0 Å². The molecular formula is C16H18ClNO2. The van der Waals surface area contributed by atoms with E-state index in [1.165, 1.54) is 12.8 Å². The monoisotopic (exact) mass is 291 g/mol. The lowest BCUT2D eigenvalue weighted by molar-refractivity contribution is -0.133. The Morgan fingerprint density at radius 3 is 2.25 bits per heavy atom. The van der Waals surface area contributed by atoms with Crippen molar-refractivity contribution in [2.75, 3.05) is 19.7 Å². The molecule has 0 spiro atoms. The molecule has 1 saturated heterocycles. The molecule has 1 heterocycles. The molecule has 4 heteroatoms. The van der Waals surface area contributed by atoms with Crippen LogP contribution in [0.5, 0.6) is 5.75 Å². The van der Waals surface area contributed by atoms with Gasteiger partial charge in [0.15, 0.2) is 6.61 Å². The summed E-state index contributed by atoms with van der Waals surface area (Å²) in [4.78, 5) is 14.0. The van der Waals surface area contributed by atoms with Gasteiger partial charge >= 0.3 is 0 Å². The van der Waals surface area contributed by atoms with E-state index in [0.29, 0.717) is 10.8 Å². The second-order valence-electron chi connectivity index (χ2n) is 5.33. The van der Waals surface area contributed by atoms with Crippen LogP contribution in [0.4, 0.5) is 0 Å². The van der Waals surface area contributed by atoms with Gasteiger partial charge in [-0.15, -0.1) is 0 Å². The molecule has 1 saturated carbocycles. The van der Waals surface area contributed by atoms with Gasteiger partial charge in [-0.25, -0.2) is 0 Å². The van der Waals surface area contributed by atoms with Crippen molar-refractivity contribution in [3.63, 3.8) is 0 Å². The number of amides is 1. The first-order valence-corrected chi connectivity index (χ1v) is 7.46. The maximum atomic E-state index is 12.1. The van der Waals surface area contributed by atoms with Crippen molar-refractivity contribution in [2.45, 2.75) is 25.7 Å². The standard InChI is InChI=1S/C16H18ClNO2/c17-14-3-5-15(6-4-14)20-11-16(19)18-9-7-13(8-10-18)12-1-2-12/h3-6H,1-2,7-11H2. The summed E-state index contributed by atoms with van der Waals surface area (Å²) in [6, 6.07) is 7.08. The summed E-state index contributed by atoms with van der Waals surface area (Å²) < 4.78 is 5.50. The van der Waals surface area contributed by atoms with E-state index < -0.39 is 0 Å². The summed E-state index contributed by atoms with van der Waals surface area (Å²) in [7, 11) is 0. The van der Waals surface area contributed by atoms with Gasteiger partial charge in [-0.1, -0.05) is 22.7 Å². The molecule has 0 radical (unpaired) electrons. The number of piperidine rings is 1. The van der Waals surface area contributed by atoms with Gasteiger partial charge in [-0.3, -0.25) is 4.79 Å². The number of carbonyl (C=O) groups excluding carboxylic acids is 1. The molecule has 0 N–H and O–H groups in total. The number of carbonyl (C=O) groups is 1. The van der Waals surface area contributed by atoms with Crippen molar-refractivity contribution in [1.82, 2.24) is 4.90 Å². The number of hydrogen-bond acceptors (Lipinski definition) is 2. The third-order valence-electron chi connectivity index (χ3n) is 3.90. The Morgan fingerprint density at radius 2 is 1.65 bits per heavy atom. The van der Waals surface area contributed by atoms with Crippen LogP contribution in [0.3, 0.4) is 0 Å². The van der Waals surface area contributed by atoms with Crippen LogP contribution in [-0.4, -0.2) is 30.5 Å². The normalized spacial score (nSPS) is 18.1. The summed E-state index contributed by atoms with van der Waals surface area (Å²) in [5, 5.41) is 0.667. The van der Waals surface area contributed by atoms with E-state index in [1.54, 1.807) is 35.4 Å². The molecule has 1 aromatic carbocycles. The van der Waals surface area contributed by atoms with E-state index in [1.807, 2.05) is 4.90 Å². The van der Waals surface area contributed by atoms with Crippen molar-refractivity contribution >= 4 is 17.5 Å². The summed E-state index contributed by atoms with van der Waals surface area (Å²) >= 11 is 5.81. The minimum Gasteiger partial charge on any atom is -0.484 e. The van der Waals surface area contributed by atoms with Crippen molar-refractivity contribution in [3.8, 4) is 5.75 Å². The minimum atomic E-state index is 0.0693. The summed E-state index contributed by atoms with van der Waals surface area (Å²) in [6.07, 6.45) is 4.65. The molecule has 106 valence electrons. The van der Waals surface area contributed by atoms with Gasteiger partial charge in [-0.2, -0.15) is 0 Å². The van der Waals surface area contributed by atoms with Crippen LogP contribution >= 0.6 is 11.6 Å². The topological polar surface area (TPSA) is 29.5 Å². The second-order valence-corrected chi connectivity index (χ2v) is 5.77.